The van der Waals surface area contributed by atoms with Crippen LogP contribution in [0.2, 0.25) is 5.02 Å². The highest BCUT2D eigenvalue weighted by Gasteiger charge is 2.19. The van der Waals surface area contributed by atoms with Gasteiger partial charge in [-0.25, -0.2) is 13.6 Å². The molecule has 0 fully saturated rings. The van der Waals surface area contributed by atoms with Crippen molar-refractivity contribution < 1.29 is 23.0 Å². The van der Waals surface area contributed by atoms with Crippen LogP contribution < -0.4 is 10.1 Å². The molecule has 0 unspecified atom stereocenters. The normalized spacial score (nSPS) is 10.7. The van der Waals surface area contributed by atoms with Gasteiger partial charge in [0.25, 0.3) is 0 Å². The third-order valence-electron chi connectivity index (χ3n) is 3.83. The van der Waals surface area contributed by atoms with E-state index >= 15 is 0 Å². The summed E-state index contributed by atoms with van der Waals surface area (Å²) in [5, 5.41) is 3.64. The first-order valence-corrected chi connectivity index (χ1v) is 8.37. The highest BCUT2D eigenvalue weighted by Crippen LogP contribution is 2.36. The van der Waals surface area contributed by atoms with Crippen LogP contribution >= 0.6 is 11.6 Å². The summed E-state index contributed by atoms with van der Waals surface area (Å²) in [7, 11) is 1.45. The van der Waals surface area contributed by atoms with Crippen LogP contribution in [0, 0.1) is 11.6 Å². The zero-order chi connectivity index (χ0) is 19.6. The van der Waals surface area contributed by atoms with Gasteiger partial charge in [-0.3, -0.25) is 4.98 Å². The maximum absolute atomic E-state index is 14.1. The fourth-order valence-electron chi connectivity index (χ4n) is 2.57. The van der Waals surface area contributed by atoms with Gasteiger partial charge < -0.3 is 14.8 Å². The Morgan fingerprint density at radius 3 is 2.70 bits per heavy atom. The molecule has 0 saturated heterocycles. The number of pyridine rings is 1. The Morgan fingerprint density at radius 1 is 1.26 bits per heavy atom. The van der Waals surface area contributed by atoms with Crippen molar-refractivity contribution in [2.75, 3.05) is 19.0 Å². The van der Waals surface area contributed by atoms with Gasteiger partial charge in [0.2, 0.25) is 0 Å². The number of halogens is 3. The molecule has 0 saturated carbocycles. The molecule has 0 bridgehead atoms. The number of hydrogen-bond acceptors (Lipinski definition) is 5. The number of nitrogens with zero attached hydrogens (tertiary/aromatic N) is 1. The number of anilines is 2. The minimum absolute atomic E-state index is 0.0108. The number of hydrogen-bond donors (Lipinski definition) is 1. The van der Waals surface area contributed by atoms with Crippen LogP contribution in [-0.4, -0.2) is 24.7 Å². The molecule has 5 nitrogen and oxygen atoms in total. The molecule has 0 amide bonds. The van der Waals surface area contributed by atoms with Crippen molar-refractivity contribution in [3.63, 3.8) is 0 Å². The summed E-state index contributed by atoms with van der Waals surface area (Å²) >= 11 is 6.13. The lowest BCUT2D eigenvalue weighted by Crippen LogP contribution is -2.10. The summed E-state index contributed by atoms with van der Waals surface area (Å²) < 4.78 is 37.6. The molecule has 0 aliphatic heterocycles. The lowest BCUT2D eigenvalue weighted by atomic mass is 10.1. The van der Waals surface area contributed by atoms with Gasteiger partial charge in [0.1, 0.15) is 22.9 Å². The van der Waals surface area contributed by atoms with Gasteiger partial charge in [0.15, 0.2) is 0 Å². The van der Waals surface area contributed by atoms with Crippen LogP contribution in [0.3, 0.4) is 0 Å². The number of ether oxygens (including phenoxy) is 2. The highest BCUT2D eigenvalue weighted by atomic mass is 35.5. The summed E-state index contributed by atoms with van der Waals surface area (Å²) in [5.74, 6) is -1.80. The van der Waals surface area contributed by atoms with E-state index in [2.05, 4.69) is 10.3 Å². The lowest BCUT2D eigenvalue weighted by molar-refractivity contribution is 0.0527. The van der Waals surface area contributed by atoms with Gasteiger partial charge in [0, 0.05) is 17.6 Å². The molecule has 3 aromatic rings. The summed E-state index contributed by atoms with van der Waals surface area (Å²) in [6.45, 7) is 1.83. The van der Waals surface area contributed by atoms with Crippen molar-refractivity contribution in [1.82, 2.24) is 4.98 Å². The topological polar surface area (TPSA) is 60.5 Å². The lowest BCUT2D eigenvalue weighted by Gasteiger charge is -2.16. The molecular formula is C19H15ClF2N2O3. The summed E-state index contributed by atoms with van der Waals surface area (Å²) in [4.78, 5) is 16.6. The standard InChI is InChI=1S/C19H15ClF2N2O3/c1-3-27-19(25)12-9-23-16-8-13(20)17(26-2)7-11(16)18(12)24-15-5-4-10(21)6-14(15)22/h4-9H,3H2,1-2H3,(H,23,24). The third-order valence-corrected chi connectivity index (χ3v) is 4.12. The van der Waals surface area contributed by atoms with Crippen molar-refractivity contribution in [3.8, 4) is 5.75 Å². The summed E-state index contributed by atoms with van der Waals surface area (Å²) in [5.41, 5.74) is 0.790. The van der Waals surface area contributed by atoms with E-state index < -0.39 is 17.6 Å². The average molecular weight is 393 g/mol. The molecule has 1 N–H and O–H groups in total. The quantitative estimate of drug-likeness (QED) is 0.612. The fraction of sp³-hybridized carbons (Fsp3) is 0.158. The fourth-order valence-corrected chi connectivity index (χ4v) is 2.81. The van der Waals surface area contributed by atoms with Gasteiger partial charge in [0.05, 0.1) is 35.6 Å². The first-order valence-electron chi connectivity index (χ1n) is 8.00. The molecule has 27 heavy (non-hydrogen) atoms. The molecular weight excluding hydrogens is 378 g/mol. The molecule has 0 atom stereocenters. The van der Waals surface area contributed by atoms with E-state index in [-0.39, 0.29) is 23.5 Å². The molecule has 3 rings (SSSR count). The van der Waals surface area contributed by atoms with Gasteiger partial charge in [-0.15, -0.1) is 0 Å². The Hall–Kier alpha value is -2.93. The average Bonchev–Trinajstić information content (AvgIpc) is 2.63. The van der Waals surface area contributed by atoms with E-state index in [0.29, 0.717) is 21.7 Å². The first kappa shape index (κ1) is 18.8. The molecule has 0 aliphatic rings. The smallest absolute Gasteiger partial charge is 0.341 e. The second-order valence-electron chi connectivity index (χ2n) is 5.52. The minimum Gasteiger partial charge on any atom is -0.495 e. The van der Waals surface area contributed by atoms with Crippen molar-refractivity contribution in [2.45, 2.75) is 6.92 Å². The predicted octanol–water partition coefficient (Wildman–Crippen LogP) is 5.10. The van der Waals surface area contributed by atoms with Crippen molar-refractivity contribution >= 4 is 39.8 Å². The molecule has 8 heteroatoms. The minimum atomic E-state index is -0.810. The Morgan fingerprint density at radius 2 is 2.04 bits per heavy atom. The largest absolute Gasteiger partial charge is 0.495 e. The van der Waals surface area contributed by atoms with Crippen molar-refractivity contribution in [1.29, 1.82) is 0 Å². The highest BCUT2D eigenvalue weighted by molar-refractivity contribution is 6.33. The zero-order valence-electron chi connectivity index (χ0n) is 14.5. The number of methoxy groups -OCH3 is 1. The van der Waals surface area contributed by atoms with Gasteiger partial charge in [-0.2, -0.15) is 0 Å². The van der Waals surface area contributed by atoms with Crippen LogP contribution in [0.15, 0.2) is 36.5 Å². The van der Waals surface area contributed by atoms with E-state index in [9.17, 15) is 13.6 Å². The van der Waals surface area contributed by atoms with Crippen LogP contribution in [0.1, 0.15) is 17.3 Å². The van der Waals surface area contributed by atoms with Crippen LogP contribution in [0.4, 0.5) is 20.2 Å². The summed E-state index contributed by atoms with van der Waals surface area (Å²) in [6.07, 6.45) is 1.31. The molecule has 0 radical (unpaired) electrons. The third kappa shape index (κ3) is 3.78. The van der Waals surface area contributed by atoms with E-state index in [1.165, 1.54) is 19.4 Å². The predicted molar refractivity (Wildman–Crippen MR) is 98.9 cm³/mol. The molecule has 1 aromatic heterocycles. The number of carbonyl (C=O) groups is 1. The molecule has 1 heterocycles. The molecule has 0 aliphatic carbocycles. The Bertz CT molecular complexity index is 1030. The van der Waals surface area contributed by atoms with Crippen molar-refractivity contribution in [2.24, 2.45) is 0 Å². The monoisotopic (exact) mass is 392 g/mol. The van der Waals surface area contributed by atoms with E-state index in [1.54, 1.807) is 19.1 Å². The summed E-state index contributed by atoms with van der Waals surface area (Å²) in [6, 6.07) is 6.23. The Labute approximate surface area is 158 Å². The van der Waals surface area contributed by atoms with Crippen molar-refractivity contribution in [3.05, 3.63) is 58.7 Å². The zero-order valence-corrected chi connectivity index (χ0v) is 15.2. The second-order valence-corrected chi connectivity index (χ2v) is 5.93. The molecule has 140 valence electrons. The number of benzene rings is 2. The molecule has 2 aromatic carbocycles. The van der Waals surface area contributed by atoms with E-state index in [1.807, 2.05) is 0 Å². The van der Waals surface area contributed by atoms with Gasteiger partial charge in [-0.1, -0.05) is 11.6 Å². The SMILES string of the molecule is CCOC(=O)c1cnc2cc(Cl)c(OC)cc2c1Nc1ccc(F)cc1F. The Kier molecular flexibility index (Phi) is 5.41. The second kappa shape index (κ2) is 7.75. The molecule has 0 spiro atoms. The number of aromatic nitrogens is 1. The maximum Gasteiger partial charge on any atom is 0.341 e. The number of nitrogens with one attached hydrogen (secondary N) is 1. The van der Waals surface area contributed by atoms with E-state index in [4.69, 9.17) is 21.1 Å². The first-order chi connectivity index (χ1) is 12.9. The number of rotatable bonds is 5. The van der Waals surface area contributed by atoms with Crippen LogP contribution in [0.25, 0.3) is 10.9 Å². The van der Waals surface area contributed by atoms with Crippen LogP contribution in [0.5, 0.6) is 5.75 Å². The van der Waals surface area contributed by atoms with E-state index in [0.717, 1.165) is 12.1 Å². The van der Waals surface area contributed by atoms with Crippen LogP contribution in [-0.2, 0) is 4.74 Å². The number of carbonyl (C=O) groups excluding carboxylic acids is 1. The Balaban J connectivity index is 2.23. The van der Waals surface area contributed by atoms with Gasteiger partial charge in [-0.05, 0) is 31.2 Å². The van der Waals surface area contributed by atoms with Gasteiger partial charge >= 0.3 is 5.97 Å². The maximum atomic E-state index is 14.1. The number of fused-ring (bicyclic) bond motifs is 1. The number of esters is 1.